The SMILES string of the molecule is FC(F)(F)c1cn2nc(Br)nc2c(Cl)n1. The summed E-state index contributed by atoms with van der Waals surface area (Å²) in [7, 11) is 0. The van der Waals surface area contributed by atoms with Gasteiger partial charge in [0.25, 0.3) is 0 Å². The van der Waals surface area contributed by atoms with Crippen LogP contribution >= 0.6 is 27.5 Å². The maximum atomic E-state index is 12.3. The topological polar surface area (TPSA) is 43.1 Å². The van der Waals surface area contributed by atoms with Gasteiger partial charge in [0, 0.05) is 0 Å². The molecule has 0 saturated heterocycles. The smallest absolute Gasteiger partial charge is 0.226 e. The summed E-state index contributed by atoms with van der Waals surface area (Å²) in [5, 5.41) is 3.30. The van der Waals surface area contributed by atoms with Crippen LogP contribution in [0.4, 0.5) is 13.2 Å². The van der Waals surface area contributed by atoms with E-state index in [1.54, 1.807) is 0 Å². The van der Waals surface area contributed by atoms with E-state index >= 15 is 0 Å². The molecule has 2 heterocycles. The van der Waals surface area contributed by atoms with E-state index in [-0.39, 0.29) is 15.5 Å². The van der Waals surface area contributed by atoms with E-state index < -0.39 is 11.9 Å². The molecule has 15 heavy (non-hydrogen) atoms. The summed E-state index contributed by atoms with van der Waals surface area (Å²) in [5.74, 6) is 0. The van der Waals surface area contributed by atoms with Crippen molar-refractivity contribution in [2.24, 2.45) is 0 Å². The summed E-state index contributed by atoms with van der Waals surface area (Å²) >= 11 is 8.45. The highest BCUT2D eigenvalue weighted by Crippen LogP contribution is 2.29. The van der Waals surface area contributed by atoms with Crippen LogP contribution in [0.5, 0.6) is 0 Å². The van der Waals surface area contributed by atoms with Crippen LogP contribution in [0.25, 0.3) is 5.65 Å². The Labute approximate surface area is 94.2 Å². The average molecular weight is 301 g/mol. The number of rotatable bonds is 0. The zero-order chi connectivity index (χ0) is 11.2. The molecule has 0 bridgehead atoms. The maximum Gasteiger partial charge on any atom is 0.434 e. The molecule has 80 valence electrons. The summed E-state index contributed by atoms with van der Waals surface area (Å²) < 4.78 is 38.0. The fourth-order valence-electron chi connectivity index (χ4n) is 0.965. The molecule has 4 nitrogen and oxygen atoms in total. The van der Waals surface area contributed by atoms with Crippen molar-refractivity contribution in [2.45, 2.75) is 6.18 Å². The largest absolute Gasteiger partial charge is 0.434 e. The van der Waals surface area contributed by atoms with Gasteiger partial charge in [0.1, 0.15) is 0 Å². The quantitative estimate of drug-likeness (QED) is 0.751. The van der Waals surface area contributed by atoms with Crippen molar-refractivity contribution in [1.29, 1.82) is 0 Å². The second-order valence-electron chi connectivity index (χ2n) is 2.56. The molecule has 2 aromatic rings. The van der Waals surface area contributed by atoms with Crippen molar-refractivity contribution in [1.82, 2.24) is 19.6 Å². The number of aromatic nitrogens is 4. The molecule has 0 atom stereocenters. The van der Waals surface area contributed by atoms with E-state index in [0.29, 0.717) is 0 Å². The van der Waals surface area contributed by atoms with Crippen LogP contribution < -0.4 is 0 Å². The maximum absolute atomic E-state index is 12.3. The Balaban J connectivity index is 2.72. The molecule has 0 amide bonds. The predicted octanol–water partition coefficient (Wildman–Crippen LogP) is 2.56. The van der Waals surface area contributed by atoms with Gasteiger partial charge in [-0.3, -0.25) is 0 Å². The first-order valence-electron chi connectivity index (χ1n) is 3.53. The molecule has 0 N–H and O–H groups in total. The van der Waals surface area contributed by atoms with Crippen LogP contribution in [0, 0.1) is 0 Å². The molecule has 0 aromatic carbocycles. The van der Waals surface area contributed by atoms with Gasteiger partial charge in [-0.25, -0.2) is 9.50 Å². The second kappa shape index (κ2) is 3.31. The lowest BCUT2D eigenvalue weighted by molar-refractivity contribution is -0.141. The highest BCUT2D eigenvalue weighted by Gasteiger charge is 2.34. The molecule has 0 aliphatic heterocycles. The van der Waals surface area contributed by atoms with Crippen molar-refractivity contribution >= 4 is 33.2 Å². The Bertz CT molecular complexity index is 523. The van der Waals surface area contributed by atoms with Gasteiger partial charge in [-0.05, 0) is 15.9 Å². The third kappa shape index (κ3) is 1.91. The van der Waals surface area contributed by atoms with Crippen LogP contribution in [0.2, 0.25) is 5.15 Å². The van der Waals surface area contributed by atoms with Gasteiger partial charge in [-0.15, -0.1) is 5.10 Å². The lowest BCUT2D eigenvalue weighted by Crippen LogP contribution is -2.10. The molecule has 0 aliphatic carbocycles. The fraction of sp³-hybridized carbons (Fsp3) is 0.167. The number of halogens is 5. The first-order chi connectivity index (χ1) is 6.88. The average Bonchev–Trinajstić information content (AvgIpc) is 2.44. The Hall–Kier alpha value is -0.890. The molecule has 9 heteroatoms. The van der Waals surface area contributed by atoms with Crippen LogP contribution in [-0.4, -0.2) is 19.6 Å². The van der Waals surface area contributed by atoms with Crippen molar-refractivity contribution < 1.29 is 13.2 Å². The number of alkyl halides is 3. The molecule has 0 spiro atoms. The Morgan fingerprint density at radius 3 is 2.60 bits per heavy atom. The van der Waals surface area contributed by atoms with Gasteiger partial charge in [0.2, 0.25) is 4.73 Å². The molecule has 0 saturated carbocycles. The van der Waals surface area contributed by atoms with Gasteiger partial charge in [-0.2, -0.15) is 18.2 Å². The fourth-order valence-corrected chi connectivity index (χ4v) is 1.52. The minimum atomic E-state index is -4.56. The van der Waals surface area contributed by atoms with E-state index in [1.165, 1.54) is 0 Å². The Kier molecular flexibility index (Phi) is 2.34. The number of nitrogens with zero attached hydrogens (tertiary/aromatic N) is 4. The highest BCUT2D eigenvalue weighted by atomic mass is 79.9. The number of hydrogen-bond donors (Lipinski definition) is 0. The van der Waals surface area contributed by atoms with Gasteiger partial charge in [0.15, 0.2) is 16.5 Å². The van der Waals surface area contributed by atoms with E-state index in [1.807, 2.05) is 0 Å². The molecular formula is C6HBrClF3N4. The molecule has 0 unspecified atom stereocenters. The third-order valence-electron chi connectivity index (χ3n) is 1.54. The van der Waals surface area contributed by atoms with E-state index in [2.05, 4.69) is 31.0 Å². The van der Waals surface area contributed by atoms with Crippen molar-refractivity contribution in [3.63, 3.8) is 0 Å². The minimum Gasteiger partial charge on any atom is -0.226 e. The monoisotopic (exact) mass is 300 g/mol. The van der Waals surface area contributed by atoms with Crippen molar-refractivity contribution in [3.8, 4) is 0 Å². The van der Waals surface area contributed by atoms with Crippen LogP contribution in [0.1, 0.15) is 5.69 Å². The van der Waals surface area contributed by atoms with Gasteiger partial charge in [-0.1, -0.05) is 11.6 Å². The Morgan fingerprint density at radius 2 is 2.00 bits per heavy atom. The van der Waals surface area contributed by atoms with Crippen LogP contribution in [0.3, 0.4) is 0 Å². The Morgan fingerprint density at radius 1 is 1.33 bits per heavy atom. The molecular weight excluding hydrogens is 300 g/mol. The van der Waals surface area contributed by atoms with Gasteiger partial charge in [0.05, 0.1) is 6.20 Å². The zero-order valence-corrected chi connectivity index (χ0v) is 9.10. The first kappa shape index (κ1) is 10.6. The molecule has 0 aliphatic rings. The zero-order valence-electron chi connectivity index (χ0n) is 6.76. The van der Waals surface area contributed by atoms with Crippen molar-refractivity contribution in [3.05, 3.63) is 21.8 Å². The molecule has 2 aromatic heterocycles. The van der Waals surface area contributed by atoms with E-state index in [4.69, 9.17) is 11.6 Å². The lowest BCUT2D eigenvalue weighted by Gasteiger charge is -2.05. The van der Waals surface area contributed by atoms with Gasteiger partial charge >= 0.3 is 6.18 Å². The number of hydrogen-bond acceptors (Lipinski definition) is 3. The van der Waals surface area contributed by atoms with Crippen LogP contribution in [-0.2, 0) is 6.18 Å². The third-order valence-corrected chi connectivity index (χ3v) is 2.13. The predicted molar refractivity (Wildman–Crippen MR) is 48.5 cm³/mol. The van der Waals surface area contributed by atoms with E-state index in [0.717, 1.165) is 10.7 Å². The number of fused-ring (bicyclic) bond motifs is 1. The van der Waals surface area contributed by atoms with Crippen molar-refractivity contribution in [2.75, 3.05) is 0 Å². The first-order valence-corrected chi connectivity index (χ1v) is 4.70. The summed E-state index contributed by atoms with van der Waals surface area (Å²) in [6.07, 6.45) is -3.84. The van der Waals surface area contributed by atoms with Gasteiger partial charge < -0.3 is 0 Å². The minimum absolute atomic E-state index is 0.0662. The summed E-state index contributed by atoms with van der Waals surface area (Å²) in [6.45, 7) is 0. The standard InChI is InChI=1S/C6HBrClF3N4/c7-5-13-4-3(8)12-2(6(9,10)11)1-15(4)14-5/h1H. The molecule has 0 fully saturated rings. The summed E-state index contributed by atoms with van der Waals surface area (Å²) in [6, 6.07) is 0. The molecule has 2 rings (SSSR count). The summed E-state index contributed by atoms with van der Waals surface area (Å²) in [4.78, 5) is 6.92. The molecule has 0 radical (unpaired) electrons. The highest BCUT2D eigenvalue weighted by molar-refractivity contribution is 9.10. The normalized spacial score (nSPS) is 12.3. The summed E-state index contributed by atoms with van der Waals surface area (Å²) in [5.41, 5.74) is -1.05. The van der Waals surface area contributed by atoms with Crippen LogP contribution in [0.15, 0.2) is 10.9 Å². The van der Waals surface area contributed by atoms with E-state index in [9.17, 15) is 13.2 Å². The second-order valence-corrected chi connectivity index (χ2v) is 3.63. The lowest BCUT2D eigenvalue weighted by atomic mass is 10.4.